The van der Waals surface area contributed by atoms with Crippen LogP contribution < -0.4 is 5.32 Å². The van der Waals surface area contributed by atoms with Crippen LogP contribution in [-0.4, -0.2) is 5.91 Å². The van der Waals surface area contributed by atoms with E-state index in [-0.39, 0.29) is 5.91 Å². The lowest BCUT2D eigenvalue weighted by Gasteiger charge is -2.22. The van der Waals surface area contributed by atoms with Gasteiger partial charge in [0.2, 0.25) is 0 Å². The van der Waals surface area contributed by atoms with Gasteiger partial charge in [0.05, 0.1) is 17.7 Å². The van der Waals surface area contributed by atoms with Gasteiger partial charge in [0.15, 0.2) is 0 Å². The minimum atomic E-state index is -0.0588. The first-order valence-corrected chi connectivity index (χ1v) is 10.1. The quantitative estimate of drug-likeness (QED) is 0.604. The summed E-state index contributed by atoms with van der Waals surface area (Å²) >= 11 is 1.53. The monoisotopic (exact) mass is 365 g/mol. The molecule has 1 saturated carbocycles. The van der Waals surface area contributed by atoms with Crippen LogP contribution in [0.25, 0.3) is 10.4 Å². The highest BCUT2D eigenvalue weighted by atomic mass is 32.1. The summed E-state index contributed by atoms with van der Waals surface area (Å²) in [5, 5.41) is 2.90. The molecule has 26 heavy (non-hydrogen) atoms. The molecule has 3 nitrogen and oxygen atoms in total. The Bertz CT molecular complexity index is 843. The molecule has 1 aliphatic rings. The maximum absolute atomic E-state index is 12.3. The Kier molecular flexibility index (Phi) is 5.21. The second-order valence-electron chi connectivity index (χ2n) is 6.88. The van der Waals surface area contributed by atoms with Crippen LogP contribution in [0.3, 0.4) is 0 Å². The largest absolute Gasteiger partial charge is 0.467 e. The van der Waals surface area contributed by atoms with E-state index in [9.17, 15) is 4.79 Å². The van der Waals surface area contributed by atoms with E-state index in [4.69, 9.17) is 4.42 Å². The molecule has 3 aromatic rings. The summed E-state index contributed by atoms with van der Waals surface area (Å²) < 4.78 is 5.24. The van der Waals surface area contributed by atoms with Crippen molar-refractivity contribution in [3.63, 3.8) is 0 Å². The fourth-order valence-corrected chi connectivity index (χ4v) is 4.57. The molecule has 0 aliphatic heterocycles. The van der Waals surface area contributed by atoms with Gasteiger partial charge in [-0.3, -0.25) is 4.79 Å². The summed E-state index contributed by atoms with van der Waals surface area (Å²) in [5.41, 5.74) is 2.64. The van der Waals surface area contributed by atoms with Crippen LogP contribution in [-0.2, 0) is 6.54 Å². The first-order chi connectivity index (χ1) is 12.8. The number of thiophene rings is 1. The number of rotatable bonds is 5. The predicted molar refractivity (Wildman–Crippen MR) is 105 cm³/mol. The zero-order valence-corrected chi connectivity index (χ0v) is 15.6. The number of amides is 1. The van der Waals surface area contributed by atoms with Crippen LogP contribution in [0.5, 0.6) is 0 Å². The fourth-order valence-electron chi connectivity index (χ4n) is 3.64. The van der Waals surface area contributed by atoms with Crippen LogP contribution in [0, 0.1) is 0 Å². The molecule has 2 aromatic heterocycles. The highest BCUT2D eigenvalue weighted by Gasteiger charge is 2.16. The van der Waals surface area contributed by atoms with Crippen molar-refractivity contribution in [2.24, 2.45) is 0 Å². The molecule has 1 fully saturated rings. The normalized spacial score (nSPS) is 15.1. The molecule has 0 radical (unpaired) electrons. The zero-order valence-electron chi connectivity index (χ0n) is 14.7. The molecule has 134 valence electrons. The van der Waals surface area contributed by atoms with Gasteiger partial charge in [-0.15, -0.1) is 11.3 Å². The van der Waals surface area contributed by atoms with Gasteiger partial charge in [-0.2, -0.15) is 0 Å². The third-order valence-corrected chi connectivity index (χ3v) is 6.24. The van der Waals surface area contributed by atoms with Crippen LogP contribution in [0.1, 0.15) is 59.0 Å². The Hall–Kier alpha value is -2.33. The van der Waals surface area contributed by atoms with Crippen LogP contribution in [0.15, 0.2) is 59.2 Å². The van der Waals surface area contributed by atoms with Crippen molar-refractivity contribution in [1.82, 2.24) is 5.32 Å². The Morgan fingerprint density at radius 1 is 1.04 bits per heavy atom. The van der Waals surface area contributed by atoms with Gasteiger partial charge in [0, 0.05) is 4.88 Å². The van der Waals surface area contributed by atoms with Crippen molar-refractivity contribution < 1.29 is 9.21 Å². The summed E-state index contributed by atoms with van der Waals surface area (Å²) in [7, 11) is 0. The third-order valence-electron chi connectivity index (χ3n) is 5.10. The number of nitrogens with one attached hydrogen (secondary N) is 1. The van der Waals surface area contributed by atoms with E-state index in [2.05, 4.69) is 29.6 Å². The minimum Gasteiger partial charge on any atom is -0.467 e. The molecule has 0 spiro atoms. The lowest BCUT2D eigenvalue weighted by molar-refractivity contribution is 0.0952. The molecule has 1 amide bonds. The smallest absolute Gasteiger partial charge is 0.261 e. The summed E-state index contributed by atoms with van der Waals surface area (Å²) in [6, 6.07) is 16.5. The molecular weight excluding hydrogens is 342 g/mol. The number of carbonyl (C=O) groups is 1. The van der Waals surface area contributed by atoms with E-state index in [1.165, 1.54) is 54.6 Å². The molecule has 0 saturated heterocycles. The summed E-state index contributed by atoms with van der Waals surface area (Å²) in [4.78, 5) is 14.2. The van der Waals surface area contributed by atoms with Crippen molar-refractivity contribution in [3.8, 4) is 10.4 Å². The molecule has 2 heterocycles. The minimum absolute atomic E-state index is 0.0588. The molecule has 4 heteroatoms. The molecule has 1 N–H and O–H groups in total. The number of benzene rings is 1. The second-order valence-corrected chi connectivity index (χ2v) is 7.97. The van der Waals surface area contributed by atoms with E-state index < -0.39 is 0 Å². The van der Waals surface area contributed by atoms with Crippen molar-refractivity contribution in [3.05, 3.63) is 71.0 Å². The van der Waals surface area contributed by atoms with Crippen molar-refractivity contribution >= 4 is 17.2 Å². The van der Waals surface area contributed by atoms with Gasteiger partial charge in [-0.1, -0.05) is 43.5 Å². The molecule has 0 unspecified atom stereocenters. The summed E-state index contributed by atoms with van der Waals surface area (Å²) in [6.07, 6.45) is 8.34. The first-order valence-electron chi connectivity index (χ1n) is 9.30. The first kappa shape index (κ1) is 17.1. The lowest BCUT2D eigenvalue weighted by Crippen LogP contribution is -2.21. The number of carbonyl (C=O) groups excluding carboxylic acids is 1. The van der Waals surface area contributed by atoms with Gasteiger partial charge >= 0.3 is 0 Å². The summed E-state index contributed by atoms with van der Waals surface area (Å²) in [5.74, 6) is 1.42. The van der Waals surface area contributed by atoms with E-state index in [1.54, 1.807) is 6.26 Å². The topological polar surface area (TPSA) is 42.2 Å². The Morgan fingerprint density at radius 3 is 2.58 bits per heavy atom. The van der Waals surface area contributed by atoms with Gasteiger partial charge in [-0.05, 0) is 54.2 Å². The van der Waals surface area contributed by atoms with Crippen molar-refractivity contribution in [1.29, 1.82) is 0 Å². The SMILES string of the molecule is O=C(NCc1ccco1)c1ccc(-c2ccc(C3CCCCC3)cc2)s1. The van der Waals surface area contributed by atoms with Crippen LogP contribution in [0.2, 0.25) is 0 Å². The van der Waals surface area contributed by atoms with Gasteiger partial charge in [0.25, 0.3) is 5.91 Å². The Labute approximate surface area is 158 Å². The van der Waals surface area contributed by atoms with Gasteiger partial charge in [-0.25, -0.2) is 0 Å². The molecular formula is C22H23NO2S. The van der Waals surface area contributed by atoms with Gasteiger partial charge < -0.3 is 9.73 Å². The van der Waals surface area contributed by atoms with Crippen LogP contribution in [0.4, 0.5) is 0 Å². The number of hydrogen-bond donors (Lipinski definition) is 1. The molecule has 0 atom stereocenters. The molecule has 4 rings (SSSR count). The standard InChI is InChI=1S/C22H23NO2S/c24-22(23-15-19-7-4-14-25-19)21-13-12-20(26-21)18-10-8-17(9-11-18)16-5-2-1-3-6-16/h4,7-14,16H,1-3,5-6,15H2,(H,23,24). The van der Waals surface area contributed by atoms with E-state index in [1.807, 2.05) is 24.3 Å². The lowest BCUT2D eigenvalue weighted by atomic mass is 9.84. The third kappa shape index (κ3) is 3.91. The van der Waals surface area contributed by atoms with E-state index >= 15 is 0 Å². The van der Waals surface area contributed by atoms with Crippen molar-refractivity contribution in [2.45, 2.75) is 44.6 Å². The number of furan rings is 1. The average Bonchev–Trinajstić information content (AvgIpc) is 3.39. The molecule has 1 aromatic carbocycles. The fraction of sp³-hybridized carbons (Fsp3) is 0.318. The number of hydrogen-bond acceptors (Lipinski definition) is 3. The second kappa shape index (κ2) is 7.92. The Balaban J connectivity index is 1.41. The highest BCUT2D eigenvalue weighted by Crippen LogP contribution is 2.34. The maximum Gasteiger partial charge on any atom is 0.261 e. The van der Waals surface area contributed by atoms with E-state index in [0.717, 1.165) is 21.4 Å². The average molecular weight is 365 g/mol. The highest BCUT2D eigenvalue weighted by molar-refractivity contribution is 7.17. The maximum atomic E-state index is 12.3. The van der Waals surface area contributed by atoms with Crippen molar-refractivity contribution in [2.75, 3.05) is 0 Å². The van der Waals surface area contributed by atoms with Crippen LogP contribution >= 0.6 is 11.3 Å². The van der Waals surface area contributed by atoms with Gasteiger partial charge in [0.1, 0.15) is 5.76 Å². The Morgan fingerprint density at radius 2 is 1.85 bits per heavy atom. The van der Waals surface area contributed by atoms with E-state index in [0.29, 0.717) is 6.54 Å². The summed E-state index contributed by atoms with van der Waals surface area (Å²) in [6.45, 7) is 0.412. The zero-order chi connectivity index (χ0) is 17.8. The molecule has 0 bridgehead atoms. The molecule has 1 aliphatic carbocycles. The predicted octanol–water partition coefficient (Wildman–Crippen LogP) is 5.99.